The van der Waals surface area contributed by atoms with E-state index in [1.807, 2.05) is 49.1 Å². The molecule has 1 aromatic carbocycles. The highest BCUT2D eigenvalue weighted by Gasteiger charge is 2.34. The van der Waals surface area contributed by atoms with Crippen LogP contribution >= 0.6 is 0 Å². The quantitative estimate of drug-likeness (QED) is 0.718. The largest absolute Gasteiger partial charge is 0.480 e. The van der Waals surface area contributed by atoms with E-state index in [2.05, 4.69) is 10.6 Å². The molecule has 2 rings (SSSR count). The van der Waals surface area contributed by atoms with Crippen LogP contribution in [0.2, 0.25) is 0 Å². The molecule has 0 heterocycles. The molecule has 0 aliphatic heterocycles. The highest BCUT2D eigenvalue weighted by molar-refractivity contribution is 5.75. The minimum Gasteiger partial charge on any atom is -0.480 e. The molecule has 1 atom stereocenters. The van der Waals surface area contributed by atoms with Crippen LogP contribution in [0.4, 0.5) is 4.79 Å². The predicted molar refractivity (Wildman–Crippen MR) is 88.2 cm³/mol. The van der Waals surface area contributed by atoms with Gasteiger partial charge in [0.1, 0.15) is 0 Å². The Hall–Kier alpha value is -2.08. The van der Waals surface area contributed by atoms with Gasteiger partial charge in [0, 0.05) is 12.1 Å². The van der Waals surface area contributed by atoms with Gasteiger partial charge in [-0.15, -0.1) is 0 Å². The van der Waals surface area contributed by atoms with E-state index in [9.17, 15) is 9.59 Å². The number of likely N-dealkylation sites (N-methyl/N-ethyl adjacent to an activating group) is 1. The molecule has 3 N–H and O–H groups in total. The SMILES string of the molecule is CCN(CC(=O)O)C1CC(NC(=O)NC(C)c2ccccc2)C1. The number of nitrogens with one attached hydrogen (secondary N) is 2. The van der Waals surface area contributed by atoms with Crippen LogP contribution in [0.5, 0.6) is 0 Å². The molecule has 23 heavy (non-hydrogen) atoms. The molecule has 1 aliphatic carbocycles. The number of rotatable bonds is 7. The van der Waals surface area contributed by atoms with E-state index in [0.29, 0.717) is 6.54 Å². The molecule has 1 aliphatic rings. The first-order valence-electron chi connectivity index (χ1n) is 8.07. The molecule has 0 radical (unpaired) electrons. The fraction of sp³-hybridized carbons (Fsp3) is 0.529. The van der Waals surface area contributed by atoms with Crippen molar-refractivity contribution in [2.45, 2.75) is 44.8 Å². The zero-order chi connectivity index (χ0) is 16.8. The number of nitrogens with zero attached hydrogens (tertiary/aromatic N) is 1. The first-order chi connectivity index (χ1) is 11.0. The van der Waals surface area contributed by atoms with Crippen molar-refractivity contribution in [3.63, 3.8) is 0 Å². The van der Waals surface area contributed by atoms with Gasteiger partial charge in [0.2, 0.25) is 0 Å². The number of amides is 2. The van der Waals surface area contributed by atoms with Crippen molar-refractivity contribution >= 4 is 12.0 Å². The molecular weight excluding hydrogens is 294 g/mol. The van der Waals surface area contributed by atoms with Gasteiger partial charge in [-0.1, -0.05) is 37.3 Å². The van der Waals surface area contributed by atoms with Crippen LogP contribution < -0.4 is 10.6 Å². The maximum atomic E-state index is 12.0. The third-order valence-corrected chi connectivity index (χ3v) is 4.36. The van der Waals surface area contributed by atoms with Gasteiger partial charge in [-0.3, -0.25) is 9.69 Å². The van der Waals surface area contributed by atoms with Crippen LogP contribution in [0.1, 0.15) is 38.3 Å². The lowest BCUT2D eigenvalue weighted by molar-refractivity contribution is -0.139. The Morgan fingerprint density at radius 1 is 1.30 bits per heavy atom. The summed E-state index contributed by atoms with van der Waals surface area (Å²) in [6.45, 7) is 4.67. The van der Waals surface area contributed by atoms with Crippen molar-refractivity contribution in [1.29, 1.82) is 0 Å². The lowest BCUT2D eigenvalue weighted by Gasteiger charge is -2.42. The summed E-state index contributed by atoms with van der Waals surface area (Å²) >= 11 is 0. The van der Waals surface area contributed by atoms with Crippen LogP contribution in [0.15, 0.2) is 30.3 Å². The van der Waals surface area contributed by atoms with Gasteiger partial charge in [-0.25, -0.2) is 4.79 Å². The molecule has 1 fully saturated rings. The van der Waals surface area contributed by atoms with Gasteiger partial charge >= 0.3 is 12.0 Å². The number of hydrogen-bond acceptors (Lipinski definition) is 3. The fourth-order valence-corrected chi connectivity index (χ4v) is 2.93. The van der Waals surface area contributed by atoms with Gasteiger partial charge in [0.05, 0.1) is 12.6 Å². The zero-order valence-corrected chi connectivity index (χ0v) is 13.7. The maximum absolute atomic E-state index is 12.0. The molecule has 126 valence electrons. The van der Waals surface area contributed by atoms with Crippen molar-refractivity contribution in [1.82, 2.24) is 15.5 Å². The van der Waals surface area contributed by atoms with E-state index in [1.54, 1.807) is 0 Å². The summed E-state index contributed by atoms with van der Waals surface area (Å²) in [5, 5.41) is 14.8. The molecule has 1 unspecified atom stereocenters. The number of benzene rings is 1. The molecule has 1 aromatic rings. The van der Waals surface area contributed by atoms with Crippen molar-refractivity contribution in [2.75, 3.05) is 13.1 Å². The molecule has 2 amide bonds. The fourth-order valence-electron chi connectivity index (χ4n) is 2.93. The second-order valence-electron chi connectivity index (χ2n) is 6.03. The lowest BCUT2D eigenvalue weighted by atomic mass is 9.85. The van der Waals surface area contributed by atoms with E-state index >= 15 is 0 Å². The third kappa shape index (κ3) is 4.96. The Balaban J connectivity index is 1.72. The topological polar surface area (TPSA) is 81.7 Å². The van der Waals surface area contributed by atoms with Crippen molar-refractivity contribution in [2.24, 2.45) is 0 Å². The highest BCUT2D eigenvalue weighted by Crippen LogP contribution is 2.25. The Bertz CT molecular complexity index is 529. The summed E-state index contributed by atoms with van der Waals surface area (Å²) in [6, 6.07) is 9.94. The Morgan fingerprint density at radius 2 is 1.96 bits per heavy atom. The number of carboxylic acids is 1. The Kier molecular flexibility index (Phi) is 5.98. The predicted octanol–water partition coefficient (Wildman–Crippen LogP) is 1.98. The van der Waals surface area contributed by atoms with E-state index in [1.165, 1.54) is 0 Å². The molecular formula is C17H25N3O3. The van der Waals surface area contributed by atoms with E-state index < -0.39 is 5.97 Å². The van der Waals surface area contributed by atoms with Crippen LogP contribution in [0.3, 0.4) is 0 Å². The second kappa shape index (κ2) is 7.97. The molecule has 6 heteroatoms. The summed E-state index contributed by atoms with van der Waals surface area (Å²) in [6.07, 6.45) is 1.60. The highest BCUT2D eigenvalue weighted by atomic mass is 16.4. The van der Waals surface area contributed by atoms with Crippen molar-refractivity contribution in [3.8, 4) is 0 Å². The first kappa shape index (κ1) is 17.3. The average Bonchev–Trinajstić information content (AvgIpc) is 2.49. The molecule has 0 bridgehead atoms. The second-order valence-corrected chi connectivity index (χ2v) is 6.03. The molecule has 0 spiro atoms. The summed E-state index contributed by atoms with van der Waals surface area (Å²) in [7, 11) is 0. The average molecular weight is 319 g/mol. The maximum Gasteiger partial charge on any atom is 0.317 e. The summed E-state index contributed by atoms with van der Waals surface area (Å²) in [5.41, 5.74) is 1.06. The van der Waals surface area contributed by atoms with Crippen molar-refractivity contribution < 1.29 is 14.7 Å². The zero-order valence-electron chi connectivity index (χ0n) is 13.7. The van der Waals surface area contributed by atoms with E-state index in [4.69, 9.17) is 5.11 Å². The number of carbonyl (C=O) groups is 2. The van der Waals surface area contributed by atoms with Crippen LogP contribution in [0, 0.1) is 0 Å². The van der Waals surface area contributed by atoms with Gasteiger partial charge in [-0.2, -0.15) is 0 Å². The van der Waals surface area contributed by atoms with Gasteiger partial charge < -0.3 is 15.7 Å². The number of urea groups is 1. The summed E-state index contributed by atoms with van der Waals surface area (Å²) in [4.78, 5) is 24.8. The summed E-state index contributed by atoms with van der Waals surface area (Å²) < 4.78 is 0. The van der Waals surface area contributed by atoms with E-state index in [-0.39, 0.29) is 30.7 Å². The van der Waals surface area contributed by atoms with Crippen molar-refractivity contribution in [3.05, 3.63) is 35.9 Å². The number of carboxylic acid groups (broad SMARTS) is 1. The molecule has 0 saturated heterocycles. The molecule has 6 nitrogen and oxygen atoms in total. The third-order valence-electron chi connectivity index (χ3n) is 4.36. The standard InChI is InChI=1S/C17H25N3O3/c1-3-20(11-16(21)22)15-9-14(10-15)19-17(23)18-12(2)13-7-5-4-6-8-13/h4-8,12,14-15H,3,9-11H2,1-2H3,(H,21,22)(H2,18,19,23). The number of aliphatic carboxylic acids is 1. The number of carbonyl (C=O) groups excluding carboxylic acids is 1. The smallest absolute Gasteiger partial charge is 0.317 e. The normalized spacial score (nSPS) is 21.3. The summed E-state index contributed by atoms with van der Waals surface area (Å²) in [5.74, 6) is -0.808. The van der Waals surface area contributed by atoms with Gasteiger partial charge in [-0.05, 0) is 31.9 Å². The van der Waals surface area contributed by atoms with Crippen LogP contribution in [-0.4, -0.2) is 47.2 Å². The van der Waals surface area contributed by atoms with E-state index in [0.717, 1.165) is 18.4 Å². The Labute approximate surface area is 136 Å². The van der Waals surface area contributed by atoms with Crippen LogP contribution in [-0.2, 0) is 4.79 Å². The Morgan fingerprint density at radius 3 is 2.52 bits per heavy atom. The monoisotopic (exact) mass is 319 g/mol. The lowest BCUT2D eigenvalue weighted by Crippen LogP contribution is -2.56. The van der Waals surface area contributed by atoms with Crippen LogP contribution in [0.25, 0.3) is 0 Å². The molecule has 0 aromatic heterocycles. The number of hydrogen-bond donors (Lipinski definition) is 3. The minimum absolute atomic E-state index is 0.0498. The first-order valence-corrected chi connectivity index (χ1v) is 8.07. The van der Waals surface area contributed by atoms with Gasteiger partial charge in [0.25, 0.3) is 0 Å². The molecule has 1 saturated carbocycles. The minimum atomic E-state index is -0.808. The van der Waals surface area contributed by atoms with Gasteiger partial charge in [0.15, 0.2) is 0 Å².